The number of fused-ring (bicyclic) bond motifs is 3. The minimum atomic E-state index is 0.251. The molecule has 3 aliphatic rings. The van der Waals surface area contributed by atoms with Crippen LogP contribution < -0.4 is 9.47 Å². The molecule has 2 fully saturated rings. The van der Waals surface area contributed by atoms with Crippen LogP contribution in [-0.2, 0) is 15.9 Å². The number of benzene rings is 4. The molecule has 4 nitrogen and oxygen atoms in total. The van der Waals surface area contributed by atoms with Crippen LogP contribution in [0.4, 0.5) is 0 Å². The van der Waals surface area contributed by atoms with E-state index in [1.165, 1.54) is 44.5 Å². The van der Waals surface area contributed by atoms with Crippen LogP contribution in [0.5, 0.6) is 11.5 Å². The molecule has 1 aliphatic carbocycles. The van der Waals surface area contributed by atoms with Crippen molar-refractivity contribution >= 4 is 0 Å². The maximum absolute atomic E-state index is 5.89. The van der Waals surface area contributed by atoms with Gasteiger partial charge in [-0.25, -0.2) is 0 Å². The molecule has 2 heterocycles. The van der Waals surface area contributed by atoms with Crippen LogP contribution in [0.2, 0.25) is 0 Å². The SMILES string of the molecule is c1ccc2c(c1)Cc1c-2ccc(-c2ccc(OCC3CO3)cc2)c1-c1ccc(OCC2CO2)cc1. The van der Waals surface area contributed by atoms with E-state index < -0.39 is 0 Å². The Balaban J connectivity index is 1.27. The van der Waals surface area contributed by atoms with Gasteiger partial charge in [0.25, 0.3) is 0 Å². The summed E-state index contributed by atoms with van der Waals surface area (Å²) in [6.07, 6.45) is 1.44. The molecule has 0 bridgehead atoms. The van der Waals surface area contributed by atoms with Gasteiger partial charge < -0.3 is 18.9 Å². The highest BCUT2D eigenvalue weighted by Crippen LogP contribution is 2.46. The Morgan fingerprint density at radius 3 is 1.80 bits per heavy atom. The Hall–Kier alpha value is -3.60. The van der Waals surface area contributed by atoms with Crippen molar-refractivity contribution in [3.05, 3.63) is 96.1 Å². The van der Waals surface area contributed by atoms with Crippen LogP contribution in [0, 0.1) is 0 Å². The molecular weight excluding hydrogens is 436 g/mol. The maximum atomic E-state index is 5.89. The second-order valence-corrected chi connectivity index (χ2v) is 9.43. The normalized spacial score (nSPS) is 19.1. The molecule has 7 rings (SSSR count). The average molecular weight is 463 g/mol. The lowest BCUT2D eigenvalue weighted by molar-refractivity contribution is 0.263. The summed E-state index contributed by atoms with van der Waals surface area (Å²) in [7, 11) is 0. The maximum Gasteiger partial charge on any atom is 0.119 e. The van der Waals surface area contributed by atoms with Crippen molar-refractivity contribution in [2.75, 3.05) is 26.4 Å². The highest BCUT2D eigenvalue weighted by atomic mass is 16.6. The Morgan fingerprint density at radius 1 is 0.600 bits per heavy atom. The van der Waals surface area contributed by atoms with Gasteiger partial charge in [-0.1, -0.05) is 60.7 Å². The monoisotopic (exact) mass is 462 g/mol. The Bertz CT molecular complexity index is 1370. The van der Waals surface area contributed by atoms with E-state index >= 15 is 0 Å². The van der Waals surface area contributed by atoms with E-state index in [0.29, 0.717) is 13.2 Å². The van der Waals surface area contributed by atoms with Crippen LogP contribution in [0.15, 0.2) is 84.9 Å². The second-order valence-electron chi connectivity index (χ2n) is 9.43. The fourth-order valence-electron chi connectivity index (χ4n) is 4.94. The van der Waals surface area contributed by atoms with Crippen molar-refractivity contribution in [1.29, 1.82) is 0 Å². The molecule has 0 N–H and O–H groups in total. The lowest BCUT2D eigenvalue weighted by Crippen LogP contribution is -2.04. The van der Waals surface area contributed by atoms with Gasteiger partial charge in [-0.2, -0.15) is 0 Å². The molecule has 0 amide bonds. The first kappa shape index (κ1) is 20.7. The first-order chi connectivity index (χ1) is 17.3. The summed E-state index contributed by atoms with van der Waals surface area (Å²) < 4.78 is 22.3. The summed E-state index contributed by atoms with van der Waals surface area (Å²) in [5.74, 6) is 1.75. The number of hydrogen-bond acceptors (Lipinski definition) is 4. The Labute approximate surface area is 205 Å². The molecule has 4 aromatic carbocycles. The molecule has 4 aromatic rings. The first-order valence-electron chi connectivity index (χ1n) is 12.3. The van der Waals surface area contributed by atoms with E-state index in [4.69, 9.17) is 18.9 Å². The minimum Gasteiger partial charge on any atom is -0.491 e. The van der Waals surface area contributed by atoms with Gasteiger partial charge in [0.15, 0.2) is 0 Å². The predicted molar refractivity (Wildman–Crippen MR) is 136 cm³/mol. The molecule has 2 atom stereocenters. The standard InChI is InChI=1S/C31H26O4/c1-2-4-27-22(3-1)15-30-29(27)14-13-28(20-5-9-23(10-6-20)32-16-25-18-34-25)31(30)21-7-11-24(12-8-21)33-17-26-19-35-26/h1-14,25-26H,15-19H2. The highest BCUT2D eigenvalue weighted by molar-refractivity contribution is 5.93. The van der Waals surface area contributed by atoms with Crippen LogP contribution in [-0.4, -0.2) is 38.6 Å². The van der Waals surface area contributed by atoms with Crippen LogP contribution in [0.1, 0.15) is 11.1 Å². The topological polar surface area (TPSA) is 43.5 Å². The molecular formula is C31H26O4. The molecule has 2 unspecified atom stereocenters. The average Bonchev–Trinajstić information content (AvgIpc) is 3.84. The fourth-order valence-corrected chi connectivity index (χ4v) is 4.94. The third-order valence-corrected chi connectivity index (χ3v) is 6.97. The van der Waals surface area contributed by atoms with Gasteiger partial charge in [-0.05, 0) is 75.2 Å². The van der Waals surface area contributed by atoms with Crippen LogP contribution >= 0.6 is 0 Å². The summed E-state index contributed by atoms with van der Waals surface area (Å²) in [5, 5.41) is 0. The minimum absolute atomic E-state index is 0.251. The van der Waals surface area contributed by atoms with Crippen LogP contribution in [0.25, 0.3) is 33.4 Å². The van der Waals surface area contributed by atoms with Gasteiger partial charge in [0, 0.05) is 0 Å². The first-order valence-corrected chi connectivity index (χ1v) is 12.3. The van der Waals surface area contributed by atoms with E-state index in [1.54, 1.807) is 0 Å². The molecule has 0 spiro atoms. The largest absolute Gasteiger partial charge is 0.491 e. The fraction of sp³-hybridized carbons (Fsp3) is 0.226. The number of ether oxygens (including phenoxy) is 4. The van der Waals surface area contributed by atoms with Gasteiger partial charge in [0.1, 0.15) is 36.9 Å². The van der Waals surface area contributed by atoms with Crippen LogP contribution in [0.3, 0.4) is 0 Å². The molecule has 4 heteroatoms. The molecule has 0 radical (unpaired) electrons. The van der Waals surface area contributed by atoms with Crippen molar-refractivity contribution in [3.8, 4) is 44.9 Å². The van der Waals surface area contributed by atoms with Gasteiger partial charge in [-0.15, -0.1) is 0 Å². The highest BCUT2D eigenvalue weighted by Gasteiger charge is 2.26. The lowest BCUT2D eigenvalue weighted by Gasteiger charge is -2.17. The van der Waals surface area contributed by atoms with Crippen molar-refractivity contribution in [2.24, 2.45) is 0 Å². The molecule has 2 aliphatic heterocycles. The summed E-state index contributed by atoms with van der Waals surface area (Å²) in [6, 6.07) is 30.2. The zero-order valence-electron chi connectivity index (χ0n) is 19.4. The second kappa shape index (κ2) is 8.56. The molecule has 2 saturated heterocycles. The van der Waals surface area contributed by atoms with Crippen molar-refractivity contribution in [2.45, 2.75) is 18.6 Å². The molecule has 174 valence electrons. The zero-order chi connectivity index (χ0) is 23.2. The van der Waals surface area contributed by atoms with E-state index in [9.17, 15) is 0 Å². The van der Waals surface area contributed by atoms with Gasteiger partial charge in [0.2, 0.25) is 0 Å². The number of epoxide rings is 2. The smallest absolute Gasteiger partial charge is 0.119 e. The van der Waals surface area contributed by atoms with E-state index in [1.807, 2.05) is 0 Å². The zero-order valence-corrected chi connectivity index (χ0v) is 19.4. The van der Waals surface area contributed by atoms with Crippen molar-refractivity contribution < 1.29 is 18.9 Å². The van der Waals surface area contributed by atoms with E-state index in [-0.39, 0.29) is 12.2 Å². The summed E-state index contributed by atoms with van der Waals surface area (Å²) in [5.41, 5.74) is 10.3. The van der Waals surface area contributed by atoms with E-state index in [0.717, 1.165) is 31.1 Å². The van der Waals surface area contributed by atoms with Gasteiger partial charge in [-0.3, -0.25) is 0 Å². The molecule has 35 heavy (non-hydrogen) atoms. The third-order valence-electron chi connectivity index (χ3n) is 6.97. The van der Waals surface area contributed by atoms with E-state index in [2.05, 4.69) is 84.9 Å². The predicted octanol–water partition coefficient (Wildman–Crippen LogP) is 6.15. The summed E-state index contributed by atoms with van der Waals surface area (Å²) >= 11 is 0. The molecule has 0 aromatic heterocycles. The third kappa shape index (κ3) is 4.20. The summed E-state index contributed by atoms with van der Waals surface area (Å²) in [4.78, 5) is 0. The Kier molecular flexibility index (Phi) is 5.07. The van der Waals surface area contributed by atoms with Gasteiger partial charge >= 0.3 is 0 Å². The number of hydrogen-bond donors (Lipinski definition) is 0. The Morgan fingerprint density at radius 2 is 1.17 bits per heavy atom. The summed E-state index contributed by atoms with van der Waals surface area (Å²) in [6.45, 7) is 2.83. The lowest BCUT2D eigenvalue weighted by atomic mass is 9.88. The van der Waals surface area contributed by atoms with Gasteiger partial charge in [0.05, 0.1) is 13.2 Å². The number of rotatable bonds is 8. The van der Waals surface area contributed by atoms with Crippen molar-refractivity contribution in [1.82, 2.24) is 0 Å². The molecule has 0 saturated carbocycles. The van der Waals surface area contributed by atoms with Crippen molar-refractivity contribution in [3.63, 3.8) is 0 Å². The quantitative estimate of drug-likeness (QED) is 0.260.